The molecule has 0 unspecified atom stereocenters. The Hall–Kier alpha value is -1.09. The molecule has 0 atom stereocenters. The number of nitrogens with one attached hydrogen (secondary N) is 1. The van der Waals surface area contributed by atoms with Gasteiger partial charge in [-0.15, -0.1) is 0 Å². The second kappa shape index (κ2) is 10.3. The van der Waals surface area contributed by atoms with Crippen molar-refractivity contribution in [1.29, 1.82) is 0 Å². The largest absolute Gasteiger partial charge is 0.378 e. The maximum Gasteiger partial charge on any atom is 0.230 e. The van der Waals surface area contributed by atoms with Gasteiger partial charge >= 0.3 is 0 Å². The molecular formula is C17H26ClN5O2S. The number of amides is 1. The lowest BCUT2D eigenvalue weighted by molar-refractivity contribution is -0.118. The number of rotatable bonds is 7. The van der Waals surface area contributed by atoms with E-state index in [9.17, 15) is 4.79 Å². The predicted octanol–water partition coefficient (Wildman–Crippen LogP) is 1.66. The highest BCUT2D eigenvalue weighted by atomic mass is 35.5. The number of nitrogens with zero attached hydrogens (tertiary/aromatic N) is 4. The molecule has 0 aromatic carbocycles. The van der Waals surface area contributed by atoms with Crippen LogP contribution in [0.15, 0.2) is 11.2 Å². The van der Waals surface area contributed by atoms with Gasteiger partial charge in [0.05, 0.1) is 19.0 Å². The lowest BCUT2D eigenvalue weighted by atomic mass is 10.1. The minimum absolute atomic E-state index is 0.00325. The summed E-state index contributed by atoms with van der Waals surface area (Å²) in [4.78, 5) is 25.4. The number of aromatic nitrogens is 2. The van der Waals surface area contributed by atoms with Gasteiger partial charge in [0.25, 0.3) is 0 Å². The summed E-state index contributed by atoms with van der Waals surface area (Å²) in [7, 11) is 0. The molecule has 0 saturated carbocycles. The third-order valence-electron chi connectivity index (χ3n) is 4.53. The molecule has 0 radical (unpaired) electrons. The van der Waals surface area contributed by atoms with Gasteiger partial charge < -0.3 is 19.9 Å². The van der Waals surface area contributed by atoms with Crippen molar-refractivity contribution in [2.45, 2.75) is 24.4 Å². The highest BCUT2D eigenvalue weighted by molar-refractivity contribution is 7.99. The number of morpholine rings is 1. The summed E-state index contributed by atoms with van der Waals surface area (Å²) in [5, 5.41) is 3.91. The lowest BCUT2D eigenvalue weighted by Crippen LogP contribution is -2.38. The zero-order chi connectivity index (χ0) is 18.2. The quantitative estimate of drug-likeness (QED) is 0.424. The minimum atomic E-state index is 0.00325. The fourth-order valence-corrected chi connectivity index (χ4v) is 4.03. The molecule has 3 rings (SSSR count). The van der Waals surface area contributed by atoms with Crippen molar-refractivity contribution in [1.82, 2.24) is 20.2 Å². The van der Waals surface area contributed by atoms with E-state index < -0.39 is 0 Å². The van der Waals surface area contributed by atoms with Crippen molar-refractivity contribution in [3.05, 3.63) is 11.2 Å². The average Bonchev–Trinajstić information content (AvgIpc) is 2.67. The number of likely N-dealkylation sites (tertiary alicyclic amines) is 1. The molecule has 2 fully saturated rings. The van der Waals surface area contributed by atoms with Crippen molar-refractivity contribution < 1.29 is 9.53 Å². The first-order valence-electron chi connectivity index (χ1n) is 9.20. The predicted molar refractivity (Wildman–Crippen MR) is 104 cm³/mol. The molecule has 144 valence electrons. The van der Waals surface area contributed by atoms with E-state index in [0.717, 1.165) is 38.5 Å². The topological polar surface area (TPSA) is 70.6 Å². The Bertz CT molecular complexity index is 595. The van der Waals surface area contributed by atoms with Crippen molar-refractivity contribution in [3.8, 4) is 0 Å². The molecule has 1 amide bonds. The molecule has 0 bridgehead atoms. The van der Waals surface area contributed by atoms with Crippen LogP contribution in [-0.4, -0.2) is 79.0 Å². The average molecular weight is 400 g/mol. The van der Waals surface area contributed by atoms with E-state index in [0.29, 0.717) is 35.8 Å². The van der Waals surface area contributed by atoms with Gasteiger partial charge in [-0.2, -0.15) is 0 Å². The molecule has 2 aliphatic heterocycles. The molecule has 3 heterocycles. The van der Waals surface area contributed by atoms with E-state index in [-0.39, 0.29) is 5.91 Å². The summed E-state index contributed by atoms with van der Waals surface area (Å²) < 4.78 is 5.36. The molecule has 0 aliphatic carbocycles. The van der Waals surface area contributed by atoms with Crippen molar-refractivity contribution in [3.63, 3.8) is 0 Å². The van der Waals surface area contributed by atoms with E-state index in [1.807, 2.05) is 0 Å². The summed E-state index contributed by atoms with van der Waals surface area (Å²) in [6.07, 6.45) is 3.86. The van der Waals surface area contributed by atoms with Crippen LogP contribution in [0.4, 0.5) is 5.82 Å². The third-order valence-corrected chi connectivity index (χ3v) is 5.57. The zero-order valence-corrected chi connectivity index (χ0v) is 16.5. The van der Waals surface area contributed by atoms with Crippen LogP contribution >= 0.6 is 23.4 Å². The zero-order valence-electron chi connectivity index (χ0n) is 15.0. The van der Waals surface area contributed by atoms with Crippen LogP contribution < -0.4 is 10.2 Å². The van der Waals surface area contributed by atoms with E-state index in [2.05, 4.69) is 25.1 Å². The van der Waals surface area contributed by atoms with Crippen LogP contribution in [0.25, 0.3) is 0 Å². The van der Waals surface area contributed by atoms with Crippen LogP contribution in [0.5, 0.6) is 0 Å². The number of anilines is 1. The number of ether oxygens (including phenoxy) is 1. The first-order valence-corrected chi connectivity index (χ1v) is 10.6. The summed E-state index contributed by atoms with van der Waals surface area (Å²) >= 11 is 7.44. The fraction of sp³-hybridized carbons (Fsp3) is 0.706. The SMILES string of the molecule is O=C(CSc1nc(Cl)cc(N2CCOCC2)n1)NCCN1CCCCC1. The van der Waals surface area contributed by atoms with Gasteiger partial charge in [-0.25, -0.2) is 9.97 Å². The summed E-state index contributed by atoms with van der Waals surface area (Å²) in [5.41, 5.74) is 0. The normalized spacial score (nSPS) is 18.7. The molecule has 0 spiro atoms. The lowest BCUT2D eigenvalue weighted by Gasteiger charge is -2.27. The van der Waals surface area contributed by atoms with E-state index >= 15 is 0 Å². The number of halogens is 1. The summed E-state index contributed by atoms with van der Waals surface area (Å²) in [6.45, 7) is 6.84. The Morgan fingerprint density at radius 1 is 1.19 bits per heavy atom. The number of hydrogen-bond donors (Lipinski definition) is 1. The number of piperidine rings is 1. The van der Waals surface area contributed by atoms with Crippen molar-refractivity contribution in [2.75, 3.05) is 63.1 Å². The van der Waals surface area contributed by atoms with E-state index in [4.69, 9.17) is 16.3 Å². The molecule has 1 N–H and O–H groups in total. The molecular weight excluding hydrogens is 374 g/mol. The molecule has 7 nitrogen and oxygen atoms in total. The van der Waals surface area contributed by atoms with E-state index in [1.165, 1.54) is 31.0 Å². The molecule has 1 aromatic heterocycles. The Balaban J connectivity index is 1.43. The first-order chi connectivity index (χ1) is 12.7. The first kappa shape index (κ1) is 19.7. The number of carbonyl (C=O) groups is 1. The molecule has 1 aromatic rings. The Morgan fingerprint density at radius 3 is 2.73 bits per heavy atom. The monoisotopic (exact) mass is 399 g/mol. The van der Waals surface area contributed by atoms with Crippen LogP contribution in [0.3, 0.4) is 0 Å². The maximum atomic E-state index is 12.1. The van der Waals surface area contributed by atoms with Crippen LogP contribution in [0.2, 0.25) is 5.15 Å². The van der Waals surface area contributed by atoms with Crippen LogP contribution in [-0.2, 0) is 9.53 Å². The van der Waals surface area contributed by atoms with Gasteiger partial charge in [0.15, 0.2) is 5.16 Å². The molecule has 9 heteroatoms. The Kier molecular flexibility index (Phi) is 7.79. The fourth-order valence-electron chi connectivity index (χ4n) is 3.12. The highest BCUT2D eigenvalue weighted by Crippen LogP contribution is 2.22. The molecule has 2 aliphatic rings. The highest BCUT2D eigenvalue weighted by Gasteiger charge is 2.15. The Labute approximate surface area is 163 Å². The number of thioether (sulfide) groups is 1. The van der Waals surface area contributed by atoms with Crippen LogP contribution in [0.1, 0.15) is 19.3 Å². The van der Waals surface area contributed by atoms with Gasteiger partial charge in [-0.05, 0) is 25.9 Å². The van der Waals surface area contributed by atoms with Crippen molar-refractivity contribution in [2.24, 2.45) is 0 Å². The summed E-state index contributed by atoms with van der Waals surface area (Å²) in [6, 6.07) is 1.76. The number of carbonyl (C=O) groups excluding carboxylic acids is 1. The van der Waals surface area contributed by atoms with Gasteiger partial charge in [-0.3, -0.25) is 4.79 Å². The molecule has 2 saturated heterocycles. The second-order valence-electron chi connectivity index (χ2n) is 6.47. The van der Waals surface area contributed by atoms with E-state index in [1.54, 1.807) is 6.07 Å². The third kappa shape index (κ3) is 6.26. The maximum absolute atomic E-state index is 12.1. The summed E-state index contributed by atoms with van der Waals surface area (Å²) in [5.74, 6) is 1.09. The van der Waals surface area contributed by atoms with Gasteiger partial charge in [0.2, 0.25) is 5.91 Å². The molecule has 26 heavy (non-hydrogen) atoms. The van der Waals surface area contributed by atoms with Gasteiger partial charge in [-0.1, -0.05) is 29.8 Å². The standard InChI is InChI=1S/C17H26ClN5O2S/c18-14-12-15(23-8-10-25-11-9-23)21-17(20-14)26-13-16(24)19-4-7-22-5-2-1-3-6-22/h12H,1-11,13H2,(H,19,24). The number of hydrogen-bond acceptors (Lipinski definition) is 7. The van der Waals surface area contributed by atoms with Gasteiger partial charge in [0.1, 0.15) is 11.0 Å². The van der Waals surface area contributed by atoms with Gasteiger partial charge in [0, 0.05) is 32.2 Å². The Morgan fingerprint density at radius 2 is 1.96 bits per heavy atom. The minimum Gasteiger partial charge on any atom is -0.378 e. The van der Waals surface area contributed by atoms with Crippen molar-refractivity contribution >= 4 is 35.1 Å². The smallest absolute Gasteiger partial charge is 0.230 e. The second-order valence-corrected chi connectivity index (χ2v) is 7.80. The van der Waals surface area contributed by atoms with Crippen LogP contribution in [0, 0.1) is 0 Å².